The molecule has 7 nitrogen and oxygen atoms in total. The largest absolute Gasteiger partial charge is 0.476 e. The summed E-state index contributed by atoms with van der Waals surface area (Å²) < 4.78 is 1.51. The monoisotopic (exact) mass is 256 g/mol. The number of carbonyl (C=O) groups is 1. The summed E-state index contributed by atoms with van der Waals surface area (Å²) in [4.78, 5) is 12.8. The van der Waals surface area contributed by atoms with Gasteiger partial charge in [0.25, 0.3) is 0 Å². The van der Waals surface area contributed by atoms with E-state index in [1.54, 1.807) is 0 Å². The molecule has 0 unspecified atom stereocenters. The zero-order valence-electron chi connectivity index (χ0n) is 10.6. The van der Waals surface area contributed by atoms with Crippen molar-refractivity contribution in [1.29, 1.82) is 0 Å². The third-order valence-electron chi connectivity index (χ3n) is 2.65. The first kappa shape index (κ1) is 14.6. The molecule has 1 aromatic rings. The van der Waals surface area contributed by atoms with Gasteiger partial charge in [-0.2, -0.15) is 0 Å². The van der Waals surface area contributed by atoms with Crippen LogP contribution in [0.25, 0.3) is 0 Å². The number of unbranched alkanes of at least 4 members (excludes halogenated alkanes) is 1. The number of aliphatic hydroxyl groups is 1. The molecule has 2 N–H and O–H groups in total. The molecule has 7 heteroatoms. The average molecular weight is 256 g/mol. The van der Waals surface area contributed by atoms with Crippen molar-refractivity contribution in [3.8, 4) is 0 Å². The lowest BCUT2D eigenvalue weighted by Crippen LogP contribution is -2.31. The number of nitrogens with zero attached hydrogens (tertiary/aromatic N) is 4. The molecule has 18 heavy (non-hydrogen) atoms. The lowest BCUT2D eigenvalue weighted by atomic mass is 10.3. The van der Waals surface area contributed by atoms with Crippen LogP contribution in [0.2, 0.25) is 0 Å². The van der Waals surface area contributed by atoms with E-state index in [4.69, 9.17) is 10.2 Å². The van der Waals surface area contributed by atoms with Crippen molar-refractivity contribution < 1.29 is 15.0 Å². The van der Waals surface area contributed by atoms with E-state index in [-0.39, 0.29) is 12.3 Å². The summed E-state index contributed by atoms with van der Waals surface area (Å²) in [5.74, 6) is -1.07. The highest BCUT2D eigenvalue weighted by atomic mass is 16.4. The lowest BCUT2D eigenvalue weighted by Gasteiger charge is -2.20. The first-order valence-electron chi connectivity index (χ1n) is 6.14. The Balaban J connectivity index is 2.42. The molecule has 0 spiro atoms. The van der Waals surface area contributed by atoms with E-state index >= 15 is 0 Å². The Hall–Kier alpha value is -1.47. The van der Waals surface area contributed by atoms with Gasteiger partial charge in [0.15, 0.2) is 5.69 Å². The summed E-state index contributed by atoms with van der Waals surface area (Å²) in [6.07, 6.45) is 3.60. The fraction of sp³-hybridized carbons (Fsp3) is 0.727. The third kappa shape index (κ3) is 4.80. The van der Waals surface area contributed by atoms with Crippen LogP contribution < -0.4 is 0 Å². The zero-order valence-corrected chi connectivity index (χ0v) is 10.6. The van der Waals surface area contributed by atoms with Crippen molar-refractivity contribution in [3.05, 3.63) is 11.9 Å². The summed E-state index contributed by atoms with van der Waals surface area (Å²) in [5.41, 5.74) is -0.0442. The van der Waals surface area contributed by atoms with Gasteiger partial charge in [-0.05, 0) is 13.0 Å². The molecule has 0 aliphatic carbocycles. The van der Waals surface area contributed by atoms with Crippen LogP contribution in [0.15, 0.2) is 6.20 Å². The van der Waals surface area contributed by atoms with Gasteiger partial charge < -0.3 is 10.2 Å². The topological polar surface area (TPSA) is 91.5 Å². The molecule has 102 valence electrons. The van der Waals surface area contributed by atoms with E-state index in [9.17, 15) is 4.79 Å². The number of carboxylic acid groups (broad SMARTS) is 1. The van der Waals surface area contributed by atoms with Gasteiger partial charge in [0.05, 0.1) is 19.3 Å². The van der Waals surface area contributed by atoms with Gasteiger partial charge in [-0.15, -0.1) is 5.10 Å². The minimum absolute atomic E-state index is 0.0442. The Morgan fingerprint density at radius 3 is 2.78 bits per heavy atom. The SMILES string of the molecule is CCCCN(CCO)CCn1cc(C(=O)O)nn1. The van der Waals surface area contributed by atoms with Gasteiger partial charge in [-0.1, -0.05) is 18.6 Å². The number of aliphatic hydroxyl groups excluding tert-OH is 1. The maximum absolute atomic E-state index is 10.6. The van der Waals surface area contributed by atoms with Gasteiger partial charge in [0.2, 0.25) is 0 Å². The second kappa shape index (κ2) is 7.78. The summed E-state index contributed by atoms with van der Waals surface area (Å²) >= 11 is 0. The number of aromatic nitrogens is 3. The van der Waals surface area contributed by atoms with Crippen LogP contribution in [0.3, 0.4) is 0 Å². The van der Waals surface area contributed by atoms with E-state index in [2.05, 4.69) is 22.1 Å². The van der Waals surface area contributed by atoms with Crippen molar-refractivity contribution >= 4 is 5.97 Å². The van der Waals surface area contributed by atoms with Crippen LogP contribution in [0.5, 0.6) is 0 Å². The van der Waals surface area contributed by atoms with Gasteiger partial charge >= 0.3 is 5.97 Å². The first-order valence-corrected chi connectivity index (χ1v) is 6.14. The third-order valence-corrected chi connectivity index (χ3v) is 2.65. The molecule has 1 heterocycles. The second-order valence-corrected chi connectivity index (χ2v) is 4.09. The maximum Gasteiger partial charge on any atom is 0.358 e. The van der Waals surface area contributed by atoms with Crippen molar-refractivity contribution in [3.63, 3.8) is 0 Å². The molecule has 0 aliphatic heterocycles. The van der Waals surface area contributed by atoms with E-state index in [0.717, 1.165) is 25.9 Å². The van der Waals surface area contributed by atoms with Crippen molar-refractivity contribution in [2.24, 2.45) is 0 Å². The molecular formula is C11H20N4O3. The Bertz CT molecular complexity index is 367. The highest BCUT2D eigenvalue weighted by molar-refractivity contribution is 5.84. The molecule has 0 amide bonds. The number of aromatic carboxylic acids is 1. The molecule has 0 saturated carbocycles. The molecule has 0 bridgehead atoms. The first-order chi connectivity index (χ1) is 8.67. The van der Waals surface area contributed by atoms with Crippen molar-refractivity contribution in [2.45, 2.75) is 26.3 Å². The molecule has 0 fully saturated rings. The van der Waals surface area contributed by atoms with Crippen LogP contribution >= 0.6 is 0 Å². The highest BCUT2D eigenvalue weighted by Crippen LogP contribution is 1.97. The highest BCUT2D eigenvalue weighted by Gasteiger charge is 2.09. The Labute approximate surface area is 106 Å². The van der Waals surface area contributed by atoms with Gasteiger partial charge in [0, 0.05) is 13.1 Å². The summed E-state index contributed by atoms with van der Waals surface area (Å²) in [6, 6.07) is 0. The van der Waals surface area contributed by atoms with E-state index < -0.39 is 5.97 Å². The number of carboxylic acids is 1. The standard InChI is InChI=1S/C11H20N4O3/c1-2-3-4-14(7-8-16)5-6-15-9-10(11(17)18)12-13-15/h9,16H,2-8H2,1H3,(H,17,18). The van der Waals surface area contributed by atoms with Crippen LogP contribution in [0, 0.1) is 0 Å². The fourth-order valence-electron chi connectivity index (χ4n) is 1.61. The Morgan fingerprint density at radius 2 is 2.22 bits per heavy atom. The molecular weight excluding hydrogens is 236 g/mol. The summed E-state index contributed by atoms with van der Waals surface area (Å²) in [6.45, 7) is 5.10. The minimum atomic E-state index is -1.07. The van der Waals surface area contributed by atoms with Crippen LogP contribution in [0.4, 0.5) is 0 Å². The predicted molar refractivity (Wildman–Crippen MR) is 65.4 cm³/mol. The van der Waals surface area contributed by atoms with Gasteiger partial charge in [-0.3, -0.25) is 9.58 Å². The lowest BCUT2D eigenvalue weighted by molar-refractivity contribution is 0.0690. The fourth-order valence-corrected chi connectivity index (χ4v) is 1.61. The van der Waals surface area contributed by atoms with E-state index in [1.807, 2.05) is 0 Å². The quantitative estimate of drug-likeness (QED) is 0.649. The molecule has 0 radical (unpaired) electrons. The maximum atomic E-state index is 10.6. The molecule has 0 aliphatic rings. The average Bonchev–Trinajstić information content (AvgIpc) is 2.81. The summed E-state index contributed by atoms with van der Waals surface area (Å²) in [7, 11) is 0. The molecule has 1 rings (SSSR count). The molecule has 0 saturated heterocycles. The van der Waals surface area contributed by atoms with Crippen LogP contribution in [-0.4, -0.2) is 62.3 Å². The zero-order chi connectivity index (χ0) is 13.4. The van der Waals surface area contributed by atoms with Crippen LogP contribution in [0.1, 0.15) is 30.3 Å². The molecule has 0 aromatic carbocycles. The molecule has 1 aromatic heterocycles. The second-order valence-electron chi connectivity index (χ2n) is 4.09. The number of hydrogen-bond donors (Lipinski definition) is 2. The van der Waals surface area contributed by atoms with E-state index in [0.29, 0.717) is 13.1 Å². The predicted octanol–water partition coefficient (Wildman–Crippen LogP) is 0.0707. The van der Waals surface area contributed by atoms with Crippen molar-refractivity contribution in [2.75, 3.05) is 26.2 Å². The van der Waals surface area contributed by atoms with Crippen molar-refractivity contribution in [1.82, 2.24) is 19.9 Å². The normalized spacial score (nSPS) is 11.1. The Kier molecular flexibility index (Phi) is 6.31. The Morgan fingerprint density at radius 1 is 1.44 bits per heavy atom. The van der Waals surface area contributed by atoms with Crippen LogP contribution in [-0.2, 0) is 6.54 Å². The van der Waals surface area contributed by atoms with E-state index in [1.165, 1.54) is 10.9 Å². The number of rotatable bonds is 9. The molecule has 0 atom stereocenters. The smallest absolute Gasteiger partial charge is 0.358 e. The number of hydrogen-bond acceptors (Lipinski definition) is 5. The van der Waals surface area contributed by atoms with Gasteiger partial charge in [0.1, 0.15) is 0 Å². The van der Waals surface area contributed by atoms with Gasteiger partial charge in [-0.25, -0.2) is 4.79 Å². The summed E-state index contributed by atoms with van der Waals surface area (Å²) in [5, 5.41) is 25.0. The minimum Gasteiger partial charge on any atom is -0.476 e.